The number of carbonyl (C=O) groups is 3. The van der Waals surface area contributed by atoms with Crippen LogP contribution in [-0.2, 0) is 14.4 Å². The summed E-state index contributed by atoms with van der Waals surface area (Å²) < 4.78 is 0. The highest BCUT2D eigenvalue weighted by atomic mass is 32.2. The fourth-order valence-electron chi connectivity index (χ4n) is 1.87. The predicted molar refractivity (Wildman–Crippen MR) is 75.4 cm³/mol. The van der Waals surface area contributed by atoms with Crippen molar-refractivity contribution in [1.29, 1.82) is 0 Å². The number of hydrogen-bond acceptors (Lipinski definition) is 5. The molecule has 1 saturated heterocycles. The van der Waals surface area contributed by atoms with Crippen LogP contribution in [0, 0.1) is 0 Å². The van der Waals surface area contributed by atoms with Crippen LogP contribution in [0.1, 0.15) is 6.42 Å². The van der Waals surface area contributed by atoms with Crippen LogP contribution in [0.15, 0.2) is 30.3 Å². The zero-order chi connectivity index (χ0) is 14.7. The lowest BCUT2D eigenvalue weighted by Gasteiger charge is -2.15. The zero-order valence-corrected chi connectivity index (χ0v) is 11.4. The number of hydrogen-bond donors (Lipinski definition) is 2. The van der Waals surface area contributed by atoms with Crippen LogP contribution >= 0.6 is 11.8 Å². The van der Waals surface area contributed by atoms with Crippen LogP contribution < -0.4 is 10.6 Å². The van der Waals surface area contributed by atoms with E-state index in [9.17, 15) is 14.4 Å². The molecule has 1 heterocycles. The number of carboxylic acids is 1. The van der Waals surface area contributed by atoms with Gasteiger partial charge in [0.15, 0.2) is 0 Å². The summed E-state index contributed by atoms with van der Waals surface area (Å²) in [4.78, 5) is 35.9. The van der Waals surface area contributed by atoms with Crippen LogP contribution in [0.4, 0.5) is 5.69 Å². The molecule has 2 unspecified atom stereocenters. The highest BCUT2D eigenvalue weighted by molar-refractivity contribution is 8.00. The number of benzene rings is 1. The minimum absolute atomic E-state index is 0.0741. The molecule has 0 spiro atoms. The summed E-state index contributed by atoms with van der Waals surface area (Å²) in [7, 11) is 0. The second-order valence-electron chi connectivity index (χ2n) is 4.37. The summed E-state index contributed by atoms with van der Waals surface area (Å²) in [6.07, 6.45) is 0.0741. The van der Waals surface area contributed by atoms with Crippen molar-refractivity contribution >= 4 is 35.2 Å². The standard InChI is InChI=1S/C13H14N2O4S/c14-9(13(18)19)7-20-10-6-11(16)15(12(10)17)8-4-2-1-3-5-8/h1-5,9-10H,6-7,14H2,(H,18,19). The third kappa shape index (κ3) is 3.00. The number of thioether (sulfide) groups is 1. The van der Waals surface area contributed by atoms with E-state index in [-0.39, 0.29) is 24.0 Å². The normalized spacial score (nSPS) is 20.2. The Morgan fingerprint density at radius 2 is 2.05 bits per heavy atom. The summed E-state index contributed by atoms with van der Waals surface area (Å²) in [5.41, 5.74) is 5.93. The lowest BCUT2D eigenvalue weighted by molar-refractivity contribution is -0.138. The van der Waals surface area contributed by atoms with E-state index in [1.807, 2.05) is 0 Å². The topological polar surface area (TPSA) is 101 Å². The van der Waals surface area contributed by atoms with Gasteiger partial charge in [0.05, 0.1) is 10.9 Å². The van der Waals surface area contributed by atoms with Crippen molar-refractivity contribution < 1.29 is 19.5 Å². The first-order valence-electron chi connectivity index (χ1n) is 6.02. The third-order valence-electron chi connectivity index (χ3n) is 2.91. The first-order chi connectivity index (χ1) is 9.50. The monoisotopic (exact) mass is 294 g/mol. The van der Waals surface area contributed by atoms with Gasteiger partial charge >= 0.3 is 5.97 Å². The van der Waals surface area contributed by atoms with Gasteiger partial charge in [0.1, 0.15) is 6.04 Å². The summed E-state index contributed by atoms with van der Waals surface area (Å²) in [6.45, 7) is 0. The van der Waals surface area contributed by atoms with E-state index in [0.29, 0.717) is 5.69 Å². The molecule has 1 aliphatic heterocycles. The van der Waals surface area contributed by atoms with Crippen molar-refractivity contribution in [3.63, 3.8) is 0 Å². The lowest BCUT2D eigenvalue weighted by Crippen LogP contribution is -2.35. The van der Waals surface area contributed by atoms with Gasteiger partial charge in [-0.2, -0.15) is 0 Å². The molecule has 0 aromatic heterocycles. The van der Waals surface area contributed by atoms with Crippen LogP contribution in [0.3, 0.4) is 0 Å². The van der Waals surface area contributed by atoms with Gasteiger partial charge in [-0.1, -0.05) is 18.2 Å². The van der Waals surface area contributed by atoms with Gasteiger partial charge < -0.3 is 10.8 Å². The highest BCUT2D eigenvalue weighted by Gasteiger charge is 2.40. The summed E-state index contributed by atoms with van der Waals surface area (Å²) in [6, 6.07) is 7.63. The summed E-state index contributed by atoms with van der Waals surface area (Å²) >= 11 is 1.11. The first-order valence-corrected chi connectivity index (χ1v) is 7.07. The third-order valence-corrected chi connectivity index (χ3v) is 4.24. The molecule has 1 aliphatic rings. The number of rotatable bonds is 5. The number of para-hydroxylation sites is 1. The smallest absolute Gasteiger partial charge is 0.321 e. The van der Waals surface area contributed by atoms with Crippen molar-refractivity contribution in [1.82, 2.24) is 0 Å². The fourth-order valence-corrected chi connectivity index (χ4v) is 2.96. The van der Waals surface area contributed by atoms with Crippen molar-refractivity contribution in [2.75, 3.05) is 10.7 Å². The molecule has 0 saturated carbocycles. The maximum absolute atomic E-state index is 12.2. The maximum atomic E-state index is 12.2. The number of carbonyl (C=O) groups excluding carboxylic acids is 2. The van der Waals surface area contributed by atoms with Crippen LogP contribution in [0.25, 0.3) is 0 Å². The minimum Gasteiger partial charge on any atom is -0.480 e. The molecule has 2 atom stereocenters. The van der Waals surface area contributed by atoms with E-state index in [2.05, 4.69) is 0 Å². The average Bonchev–Trinajstić information content (AvgIpc) is 2.71. The molecule has 0 bridgehead atoms. The van der Waals surface area contributed by atoms with Crippen molar-refractivity contribution in [3.05, 3.63) is 30.3 Å². The van der Waals surface area contributed by atoms with Gasteiger partial charge in [-0.15, -0.1) is 11.8 Å². The van der Waals surface area contributed by atoms with E-state index >= 15 is 0 Å². The molecule has 1 fully saturated rings. The van der Waals surface area contributed by atoms with Gasteiger partial charge in [0.25, 0.3) is 0 Å². The zero-order valence-electron chi connectivity index (χ0n) is 10.6. The highest BCUT2D eigenvalue weighted by Crippen LogP contribution is 2.29. The van der Waals surface area contributed by atoms with Gasteiger partial charge in [-0.3, -0.25) is 14.4 Å². The van der Waals surface area contributed by atoms with Gasteiger partial charge in [0, 0.05) is 12.2 Å². The molecule has 106 valence electrons. The molecule has 0 aliphatic carbocycles. The Morgan fingerprint density at radius 1 is 1.40 bits per heavy atom. The molecule has 7 heteroatoms. The number of nitrogens with zero attached hydrogens (tertiary/aromatic N) is 1. The molecule has 2 amide bonds. The first kappa shape index (κ1) is 14.5. The molecule has 2 rings (SSSR count). The Morgan fingerprint density at radius 3 is 2.65 bits per heavy atom. The van der Waals surface area contributed by atoms with Crippen LogP contribution in [-0.4, -0.2) is 39.9 Å². The molecular formula is C13H14N2O4S. The molecule has 0 radical (unpaired) electrons. The maximum Gasteiger partial charge on any atom is 0.321 e. The Balaban J connectivity index is 2.04. The molecule has 20 heavy (non-hydrogen) atoms. The molecule has 3 N–H and O–H groups in total. The lowest BCUT2D eigenvalue weighted by atomic mass is 10.3. The van der Waals surface area contributed by atoms with Crippen molar-refractivity contribution in [2.24, 2.45) is 5.73 Å². The Labute approximate surface area is 119 Å². The summed E-state index contributed by atoms with van der Waals surface area (Å²) in [5.74, 6) is -1.61. The Kier molecular flexibility index (Phi) is 4.41. The molecular weight excluding hydrogens is 280 g/mol. The van der Waals surface area contributed by atoms with E-state index in [0.717, 1.165) is 16.7 Å². The minimum atomic E-state index is -1.12. The second-order valence-corrected chi connectivity index (χ2v) is 5.61. The van der Waals surface area contributed by atoms with Crippen molar-refractivity contribution in [3.8, 4) is 0 Å². The predicted octanol–water partition coefficient (Wildman–Crippen LogP) is 0.464. The average molecular weight is 294 g/mol. The van der Waals surface area contributed by atoms with Crippen LogP contribution in [0.2, 0.25) is 0 Å². The number of anilines is 1. The van der Waals surface area contributed by atoms with Gasteiger partial charge in [-0.05, 0) is 12.1 Å². The fraction of sp³-hybridized carbons (Fsp3) is 0.308. The summed E-state index contributed by atoms with van der Waals surface area (Å²) in [5, 5.41) is 8.14. The SMILES string of the molecule is NC(CSC1CC(=O)N(c2ccccc2)C1=O)C(=O)O. The number of carboxylic acid groups (broad SMARTS) is 1. The Hall–Kier alpha value is -1.86. The largest absolute Gasteiger partial charge is 0.480 e. The Bertz CT molecular complexity index is 534. The molecule has 1 aromatic carbocycles. The number of aliphatic carboxylic acids is 1. The van der Waals surface area contributed by atoms with E-state index < -0.39 is 17.3 Å². The van der Waals surface area contributed by atoms with Crippen molar-refractivity contribution in [2.45, 2.75) is 17.7 Å². The molecule has 1 aromatic rings. The number of nitrogens with two attached hydrogens (primary N) is 1. The van der Waals surface area contributed by atoms with E-state index in [1.165, 1.54) is 0 Å². The quantitative estimate of drug-likeness (QED) is 0.765. The van der Waals surface area contributed by atoms with Crippen LogP contribution in [0.5, 0.6) is 0 Å². The van der Waals surface area contributed by atoms with E-state index in [4.69, 9.17) is 10.8 Å². The van der Waals surface area contributed by atoms with Gasteiger partial charge in [0.2, 0.25) is 11.8 Å². The number of amides is 2. The second kappa shape index (κ2) is 6.06. The van der Waals surface area contributed by atoms with E-state index in [1.54, 1.807) is 30.3 Å². The molecule has 6 nitrogen and oxygen atoms in total. The number of imide groups is 1. The van der Waals surface area contributed by atoms with Gasteiger partial charge in [-0.25, -0.2) is 4.90 Å².